The third-order valence-electron chi connectivity index (χ3n) is 2.44. The van der Waals surface area contributed by atoms with E-state index in [1.54, 1.807) is 13.2 Å². The van der Waals surface area contributed by atoms with E-state index in [-0.39, 0.29) is 0 Å². The van der Waals surface area contributed by atoms with Crippen molar-refractivity contribution in [1.29, 1.82) is 0 Å². The van der Waals surface area contributed by atoms with Crippen LogP contribution in [-0.4, -0.2) is 18.4 Å². The van der Waals surface area contributed by atoms with Gasteiger partial charge in [0.2, 0.25) is 0 Å². The molecule has 0 saturated heterocycles. The molecule has 2 rings (SSSR count). The van der Waals surface area contributed by atoms with E-state index in [0.717, 1.165) is 22.9 Å². The lowest BCUT2D eigenvalue weighted by Gasteiger charge is -2.03. The highest BCUT2D eigenvalue weighted by Gasteiger charge is 2.13. The van der Waals surface area contributed by atoms with Gasteiger partial charge in [-0.05, 0) is 19.1 Å². The number of carbonyl (C=O) groups is 1. The number of methoxy groups -OCH3 is 1. The summed E-state index contributed by atoms with van der Waals surface area (Å²) >= 11 is 6.14. The maximum absolute atomic E-state index is 10.9. The fourth-order valence-corrected chi connectivity index (χ4v) is 2.03. The van der Waals surface area contributed by atoms with Gasteiger partial charge >= 0.3 is 0 Å². The molecule has 1 heterocycles. The number of nitrogens with one attached hydrogen (secondary N) is 1. The van der Waals surface area contributed by atoms with Crippen molar-refractivity contribution < 1.29 is 9.53 Å². The number of H-pyrrole nitrogens is 1. The van der Waals surface area contributed by atoms with Crippen LogP contribution in [0.15, 0.2) is 12.1 Å². The quantitative estimate of drug-likeness (QED) is 0.796. The van der Waals surface area contributed by atoms with Crippen molar-refractivity contribution in [3.8, 4) is 5.75 Å². The lowest BCUT2D eigenvalue weighted by atomic mass is 10.1. The van der Waals surface area contributed by atoms with Gasteiger partial charge in [0.1, 0.15) is 5.75 Å². The molecule has 15 heavy (non-hydrogen) atoms. The normalized spacial score (nSPS) is 10.6. The van der Waals surface area contributed by atoms with E-state index in [1.807, 2.05) is 13.0 Å². The van der Waals surface area contributed by atoms with Crippen molar-refractivity contribution in [3.05, 3.63) is 28.4 Å². The Morgan fingerprint density at radius 3 is 2.80 bits per heavy atom. The number of benzene rings is 1. The molecule has 78 valence electrons. The van der Waals surface area contributed by atoms with E-state index in [2.05, 4.69) is 4.98 Å². The molecule has 2 aromatic rings. The Morgan fingerprint density at radius 1 is 1.47 bits per heavy atom. The van der Waals surface area contributed by atoms with E-state index >= 15 is 0 Å². The van der Waals surface area contributed by atoms with E-state index in [0.29, 0.717) is 16.3 Å². The molecule has 0 spiro atoms. The predicted octanol–water partition coefficient (Wildman–Crippen LogP) is 2.95. The molecule has 0 radical (unpaired) electrons. The highest BCUT2D eigenvalue weighted by atomic mass is 35.5. The van der Waals surface area contributed by atoms with Crippen LogP contribution in [-0.2, 0) is 0 Å². The molecule has 0 aliphatic carbocycles. The second kappa shape index (κ2) is 3.59. The molecule has 0 aliphatic heterocycles. The summed E-state index contributed by atoms with van der Waals surface area (Å²) in [6.45, 7) is 1.84. The molecule has 0 unspecified atom stereocenters. The minimum absolute atomic E-state index is 0.474. The average Bonchev–Trinajstić information content (AvgIpc) is 2.55. The summed E-state index contributed by atoms with van der Waals surface area (Å²) in [6.07, 6.45) is 0.805. The van der Waals surface area contributed by atoms with Crippen LogP contribution in [0.3, 0.4) is 0 Å². The molecular weight excluding hydrogens is 214 g/mol. The number of carbonyl (C=O) groups excluding carboxylic acids is 1. The van der Waals surface area contributed by atoms with Gasteiger partial charge in [0.25, 0.3) is 0 Å². The molecule has 1 aromatic heterocycles. The fourth-order valence-electron chi connectivity index (χ4n) is 1.69. The van der Waals surface area contributed by atoms with Crippen molar-refractivity contribution in [2.45, 2.75) is 6.92 Å². The zero-order valence-corrected chi connectivity index (χ0v) is 9.18. The van der Waals surface area contributed by atoms with Crippen LogP contribution in [0.25, 0.3) is 10.9 Å². The first-order valence-corrected chi connectivity index (χ1v) is 4.86. The number of aryl methyl sites for hydroxylation is 1. The van der Waals surface area contributed by atoms with Crippen LogP contribution in [0.4, 0.5) is 0 Å². The third kappa shape index (κ3) is 1.39. The Hall–Kier alpha value is -1.48. The highest BCUT2D eigenvalue weighted by Crippen LogP contribution is 2.35. The Bertz CT molecular complexity index is 531. The number of halogens is 1. The van der Waals surface area contributed by atoms with Crippen molar-refractivity contribution >= 4 is 28.8 Å². The summed E-state index contributed by atoms with van der Waals surface area (Å²) in [7, 11) is 1.55. The van der Waals surface area contributed by atoms with Crippen LogP contribution in [0.2, 0.25) is 5.02 Å². The number of aldehydes is 1. The van der Waals surface area contributed by atoms with E-state index < -0.39 is 0 Å². The van der Waals surface area contributed by atoms with E-state index in [9.17, 15) is 4.79 Å². The topological polar surface area (TPSA) is 42.1 Å². The first-order valence-electron chi connectivity index (χ1n) is 4.49. The van der Waals surface area contributed by atoms with Crippen molar-refractivity contribution in [1.82, 2.24) is 4.98 Å². The van der Waals surface area contributed by atoms with Gasteiger partial charge in [0.15, 0.2) is 6.29 Å². The number of fused-ring (bicyclic) bond motifs is 1. The van der Waals surface area contributed by atoms with Crippen molar-refractivity contribution in [3.63, 3.8) is 0 Å². The van der Waals surface area contributed by atoms with Crippen LogP contribution in [0.5, 0.6) is 5.75 Å². The summed E-state index contributed by atoms with van der Waals surface area (Å²) in [5.74, 6) is 0.575. The molecule has 1 N–H and O–H groups in total. The van der Waals surface area contributed by atoms with Gasteiger partial charge in [-0.25, -0.2) is 0 Å². The number of rotatable bonds is 2. The minimum Gasteiger partial charge on any atom is -0.495 e. The predicted molar refractivity (Wildman–Crippen MR) is 60.0 cm³/mol. The maximum atomic E-state index is 10.9. The SMILES string of the molecule is COc1ccc2[nH]c(C)c(C=O)c2c1Cl. The van der Waals surface area contributed by atoms with Crippen LogP contribution >= 0.6 is 11.6 Å². The van der Waals surface area contributed by atoms with E-state index in [4.69, 9.17) is 16.3 Å². The molecule has 0 saturated carbocycles. The molecule has 0 bridgehead atoms. The number of aromatic amines is 1. The van der Waals surface area contributed by atoms with Crippen LogP contribution in [0, 0.1) is 6.92 Å². The Labute approximate surface area is 92.0 Å². The van der Waals surface area contributed by atoms with Crippen LogP contribution < -0.4 is 4.74 Å². The summed E-state index contributed by atoms with van der Waals surface area (Å²) in [5, 5.41) is 1.20. The maximum Gasteiger partial charge on any atom is 0.152 e. The standard InChI is InChI=1S/C11H10ClNO2/c1-6-7(5-14)10-8(13-6)3-4-9(15-2)11(10)12/h3-5,13H,1-2H3. The second-order valence-corrected chi connectivity index (χ2v) is 3.66. The fraction of sp³-hybridized carbons (Fsp3) is 0.182. The third-order valence-corrected chi connectivity index (χ3v) is 2.82. The smallest absolute Gasteiger partial charge is 0.152 e. The Kier molecular flexibility index (Phi) is 2.40. The second-order valence-electron chi connectivity index (χ2n) is 3.29. The molecule has 4 heteroatoms. The molecule has 3 nitrogen and oxygen atoms in total. The van der Waals surface area contributed by atoms with Gasteiger partial charge in [-0.2, -0.15) is 0 Å². The first-order chi connectivity index (χ1) is 7.19. The lowest BCUT2D eigenvalue weighted by molar-refractivity contribution is 0.112. The highest BCUT2D eigenvalue weighted by molar-refractivity contribution is 6.38. The largest absolute Gasteiger partial charge is 0.495 e. The molecule has 0 amide bonds. The number of aromatic nitrogens is 1. The van der Waals surface area contributed by atoms with Gasteiger partial charge in [0.05, 0.1) is 12.1 Å². The zero-order chi connectivity index (χ0) is 11.0. The van der Waals surface area contributed by atoms with Crippen molar-refractivity contribution in [2.24, 2.45) is 0 Å². The first kappa shape index (κ1) is 10.1. The van der Waals surface area contributed by atoms with Gasteiger partial charge in [-0.3, -0.25) is 4.79 Å². The van der Waals surface area contributed by atoms with Gasteiger partial charge in [-0.15, -0.1) is 0 Å². The number of hydrogen-bond donors (Lipinski definition) is 1. The average molecular weight is 224 g/mol. The van der Waals surface area contributed by atoms with Crippen LogP contribution in [0.1, 0.15) is 16.1 Å². The van der Waals surface area contributed by atoms with Crippen molar-refractivity contribution in [2.75, 3.05) is 7.11 Å². The Morgan fingerprint density at radius 2 is 2.20 bits per heavy atom. The Balaban J connectivity index is 2.89. The monoisotopic (exact) mass is 223 g/mol. The minimum atomic E-state index is 0.474. The molecule has 0 atom stereocenters. The molecule has 0 fully saturated rings. The molecule has 1 aromatic carbocycles. The summed E-state index contributed by atoms with van der Waals surface area (Å²) in [6, 6.07) is 3.62. The summed E-state index contributed by atoms with van der Waals surface area (Å²) < 4.78 is 5.10. The van der Waals surface area contributed by atoms with E-state index in [1.165, 1.54) is 0 Å². The van der Waals surface area contributed by atoms with Gasteiger partial charge < -0.3 is 9.72 Å². The molecule has 0 aliphatic rings. The number of hydrogen-bond acceptors (Lipinski definition) is 2. The van der Waals surface area contributed by atoms with Gasteiger partial charge in [0, 0.05) is 22.2 Å². The summed E-state index contributed by atoms with van der Waals surface area (Å²) in [4.78, 5) is 14.0. The van der Waals surface area contributed by atoms with Gasteiger partial charge in [-0.1, -0.05) is 11.6 Å². The summed E-state index contributed by atoms with van der Waals surface area (Å²) in [5.41, 5.74) is 2.25. The zero-order valence-electron chi connectivity index (χ0n) is 8.43. The lowest BCUT2D eigenvalue weighted by Crippen LogP contribution is -1.86. The number of ether oxygens (including phenoxy) is 1. The molecular formula is C11H10ClNO2.